The zero-order valence-electron chi connectivity index (χ0n) is 12.3. The third-order valence-corrected chi connectivity index (χ3v) is 4.18. The molecule has 0 aromatic carbocycles. The van der Waals surface area contributed by atoms with Crippen molar-refractivity contribution in [1.29, 1.82) is 0 Å². The Morgan fingerprint density at radius 3 is 2.95 bits per heavy atom. The largest absolute Gasteiger partial charge is 0.339 e. The Labute approximate surface area is 120 Å². The van der Waals surface area contributed by atoms with Crippen LogP contribution in [0.4, 0.5) is 5.82 Å². The van der Waals surface area contributed by atoms with Gasteiger partial charge in [0, 0.05) is 19.3 Å². The number of amides is 1. The maximum absolute atomic E-state index is 12.6. The molecule has 0 spiro atoms. The van der Waals surface area contributed by atoms with E-state index in [0.29, 0.717) is 23.2 Å². The SMILES string of the molecule is CC(C)C1CCCN(C(=O)c2cccnc2NN)CC1. The molecular formula is C15H24N4O. The van der Waals surface area contributed by atoms with Crippen LogP contribution >= 0.6 is 0 Å². The van der Waals surface area contributed by atoms with Crippen LogP contribution in [0.25, 0.3) is 0 Å². The highest BCUT2D eigenvalue weighted by atomic mass is 16.2. The Hall–Kier alpha value is -1.62. The molecule has 5 heteroatoms. The molecule has 110 valence electrons. The molecule has 2 rings (SSSR count). The second-order valence-electron chi connectivity index (χ2n) is 5.77. The molecule has 2 heterocycles. The van der Waals surface area contributed by atoms with Crippen LogP contribution in [0.2, 0.25) is 0 Å². The van der Waals surface area contributed by atoms with Crippen LogP contribution in [0.5, 0.6) is 0 Å². The van der Waals surface area contributed by atoms with Crippen molar-refractivity contribution in [1.82, 2.24) is 9.88 Å². The molecule has 1 aliphatic rings. The van der Waals surface area contributed by atoms with Gasteiger partial charge in [-0.15, -0.1) is 0 Å². The fourth-order valence-corrected chi connectivity index (χ4v) is 2.86. The molecule has 1 aromatic rings. The van der Waals surface area contributed by atoms with Gasteiger partial charge in [-0.05, 0) is 43.2 Å². The quantitative estimate of drug-likeness (QED) is 0.656. The predicted octanol–water partition coefficient (Wildman–Crippen LogP) is 2.27. The third kappa shape index (κ3) is 3.28. The van der Waals surface area contributed by atoms with Gasteiger partial charge in [0.25, 0.3) is 5.91 Å². The van der Waals surface area contributed by atoms with E-state index in [1.54, 1.807) is 18.3 Å². The highest BCUT2D eigenvalue weighted by Gasteiger charge is 2.24. The van der Waals surface area contributed by atoms with E-state index < -0.39 is 0 Å². The van der Waals surface area contributed by atoms with Crippen LogP contribution in [0, 0.1) is 11.8 Å². The van der Waals surface area contributed by atoms with Crippen molar-refractivity contribution in [3.05, 3.63) is 23.9 Å². The molecule has 0 aliphatic carbocycles. The first-order valence-electron chi connectivity index (χ1n) is 7.34. The Bertz CT molecular complexity index is 461. The number of hydrazine groups is 1. The second kappa shape index (κ2) is 6.70. The van der Waals surface area contributed by atoms with Gasteiger partial charge in [0.1, 0.15) is 0 Å². The zero-order chi connectivity index (χ0) is 14.5. The van der Waals surface area contributed by atoms with Gasteiger partial charge in [-0.1, -0.05) is 13.8 Å². The van der Waals surface area contributed by atoms with Gasteiger partial charge < -0.3 is 10.3 Å². The maximum atomic E-state index is 12.6. The normalized spacial score (nSPS) is 19.8. The molecule has 5 nitrogen and oxygen atoms in total. The van der Waals surface area contributed by atoms with Crippen LogP contribution in [-0.4, -0.2) is 28.9 Å². The van der Waals surface area contributed by atoms with Gasteiger partial charge >= 0.3 is 0 Å². The van der Waals surface area contributed by atoms with E-state index in [2.05, 4.69) is 24.3 Å². The highest BCUT2D eigenvalue weighted by molar-refractivity contribution is 5.98. The number of nitrogens with two attached hydrogens (primary N) is 1. The van der Waals surface area contributed by atoms with E-state index in [-0.39, 0.29) is 5.91 Å². The summed E-state index contributed by atoms with van der Waals surface area (Å²) in [5.74, 6) is 7.30. The average Bonchev–Trinajstić information content (AvgIpc) is 2.72. The summed E-state index contributed by atoms with van der Waals surface area (Å²) in [4.78, 5) is 18.6. The van der Waals surface area contributed by atoms with Crippen LogP contribution in [0.1, 0.15) is 43.5 Å². The van der Waals surface area contributed by atoms with E-state index in [9.17, 15) is 4.79 Å². The summed E-state index contributed by atoms with van der Waals surface area (Å²) in [7, 11) is 0. The fourth-order valence-electron chi connectivity index (χ4n) is 2.86. The van der Waals surface area contributed by atoms with Crippen LogP contribution in [0.15, 0.2) is 18.3 Å². The van der Waals surface area contributed by atoms with Crippen molar-refractivity contribution in [3.8, 4) is 0 Å². The van der Waals surface area contributed by atoms with Crippen molar-refractivity contribution < 1.29 is 4.79 Å². The summed E-state index contributed by atoms with van der Waals surface area (Å²) in [5, 5.41) is 0. The molecule has 1 fully saturated rings. The molecule has 1 atom stereocenters. The maximum Gasteiger partial charge on any atom is 0.257 e. The third-order valence-electron chi connectivity index (χ3n) is 4.18. The monoisotopic (exact) mass is 276 g/mol. The number of aromatic nitrogens is 1. The number of carbonyl (C=O) groups is 1. The van der Waals surface area contributed by atoms with Crippen molar-refractivity contribution in [3.63, 3.8) is 0 Å². The van der Waals surface area contributed by atoms with Gasteiger partial charge in [0.15, 0.2) is 5.82 Å². The number of rotatable bonds is 3. The van der Waals surface area contributed by atoms with Crippen LogP contribution in [-0.2, 0) is 0 Å². The Morgan fingerprint density at radius 1 is 1.45 bits per heavy atom. The Kier molecular flexibility index (Phi) is 4.95. The Balaban J connectivity index is 2.09. The summed E-state index contributed by atoms with van der Waals surface area (Å²) < 4.78 is 0. The number of pyridine rings is 1. The highest BCUT2D eigenvalue weighted by Crippen LogP contribution is 2.25. The molecule has 1 aliphatic heterocycles. The molecule has 0 bridgehead atoms. The lowest BCUT2D eigenvalue weighted by Gasteiger charge is -2.22. The smallest absolute Gasteiger partial charge is 0.257 e. The first kappa shape index (κ1) is 14.8. The van der Waals surface area contributed by atoms with Crippen molar-refractivity contribution in [2.75, 3.05) is 18.5 Å². The van der Waals surface area contributed by atoms with Gasteiger partial charge in [0.05, 0.1) is 5.56 Å². The van der Waals surface area contributed by atoms with Crippen LogP contribution < -0.4 is 11.3 Å². The minimum Gasteiger partial charge on any atom is -0.339 e. The molecule has 3 N–H and O–H groups in total. The number of hydrogen-bond donors (Lipinski definition) is 2. The van der Waals surface area contributed by atoms with Crippen molar-refractivity contribution in [2.45, 2.75) is 33.1 Å². The van der Waals surface area contributed by atoms with Crippen molar-refractivity contribution >= 4 is 11.7 Å². The first-order chi connectivity index (χ1) is 9.63. The second-order valence-corrected chi connectivity index (χ2v) is 5.77. The Morgan fingerprint density at radius 2 is 2.25 bits per heavy atom. The molecule has 1 amide bonds. The number of nitrogens with zero attached hydrogens (tertiary/aromatic N) is 2. The molecule has 1 unspecified atom stereocenters. The number of nitrogen functional groups attached to an aromatic ring is 1. The number of hydrogen-bond acceptors (Lipinski definition) is 4. The molecular weight excluding hydrogens is 252 g/mol. The molecule has 0 saturated carbocycles. The van der Waals surface area contributed by atoms with E-state index in [4.69, 9.17) is 5.84 Å². The van der Waals surface area contributed by atoms with E-state index in [1.165, 1.54) is 6.42 Å². The van der Waals surface area contributed by atoms with Crippen LogP contribution in [0.3, 0.4) is 0 Å². The topological polar surface area (TPSA) is 71.2 Å². The molecule has 20 heavy (non-hydrogen) atoms. The zero-order valence-corrected chi connectivity index (χ0v) is 12.3. The molecule has 1 aromatic heterocycles. The lowest BCUT2D eigenvalue weighted by molar-refractivity contribution is 0.0759. The lowest BCUT2D eigenvalue weighted by atomic mass is 9.89. The van der Waals surface area contributed by atoms with Crippen molar-refractivity contribution in [2.24, 2.45) is 17.7 Å². The van der Waals surface area contributed by atoms with Gasteiger partial charge in [0.2, 0.25) is 0 Å². The summed E-state index contributed by atoms with van der Waals surface area (Å²) >= 11 is 0. The number of carbonyl (C=O) groups excluding carboxylic acids is 1. The summed E-state index contributed by atoms with van der Waals surface area (Å²) in [6, 6.07) is 3.54. The number of anilines is 1. The summed E-state index contributed by atoms with van der Waals surface area (Å²) in [6.07, 6.45) is 4.98. The summed E-state index contributed by atoms with van der Waals surface area (Å²) in [6.45, 7) is 6.17. The van der Waals surface area contributed by atoms with Gasteiger partial charge in [-0.2, -0.15) is 0 Å². The lowest BCUT2D eigenvalue weighted by Crippen LogP contribution is -2.33. The number of likely N-dealkylation sites (tertiary alicyclic amines) is 1. The molecule has 1 saturated heterocycles. The standard InChI is InChI=1S/C15H24N4O/c1-11(2)12-5-4-9-19(10-7-12)15(20)13-6-3-8-17-14(13)18-16/h3,6,8,11-12H,4-5,7,9-10,16H2,1-2H3,(H,17,18). The first-order valence-corrected chi connectivity index (χ1v) is 7.34. The average molecular weight is 276 g/mol. The number of nitrogens with one attached hydrogen (secondary N) is 1. The predicted molar refractivity (Wildman–Crippen MR) is 80.1 cm³/mol. The minimum absolute atomic E-state index is 0.0236. The fraction of sp³-hybridized carbons (Fsp3) is 0.600. The van der Waals surface area contributed by atoms with E-state index in [1.807, 2.05) is 4.90 Å². The van der Waals surface area contributed by atoms with Gasteiger partial charge in [-0.3, -0.25) is 4.79 Å². The van der Waals surface area contributed by atoms with E-state index >= 15 is 0 Å². The molecule has 0 radical (unpaired) electrons. The summed E-state index contributed by atoms with van der Waals surface area (Å²) in [5.41, 5.74) is 3.05. The van der Waals surface area contributed by atoms with E-state index in [0.717, 1.165) is 25.9 Å². The van der Waals surface area contributed by atoms with Gasteiger partial charge in [-0.25, -0.2) is 10.8 Å². The minimum atomic E-state index is 0.0236.